The average molecular weight is 426 g/mol. The van der Waals surface area contributed by atoms with Gasteiger partial charge < -0.3 is 9.88 Å². The van der Waals surface area contributed by atoms with Gasteiger partial charge in [0, 0.05) is 30.2 Å². The van der Waals surface area contributed by atoms with Crippen LogP contribution < -0.4 is 10.0 Å². The van der Waals surface area contributed by atoms with E-state index in [-0.39, 0.29) is 11.3 Å². The lowest BCUT2D eigenvalue weighted by Crippen LogP contribution is -2.41. The van der Waals surface area contributed by atoms with Crippen molar-refractivity contribution in [1.82, 2.24) is 9.29 Å². The monoisotopic (exact) mass is 425 g/mol. The molecule has 6 heteroatoms. The molecule has 1 aliphatic rings. The van der Waals surface area contributed by atoms with Crippen LogP contribution >= 0.6 is 0 Å². The molecule has 2 N–H and O–H groups in total. The maximum atomic E-state index is 12.1. The molecule has 1 fully saturated rings. The minimum absolute atomic E-state index is 0.0873. The highest BCUT2D eigenvalue weighted by Gasteiger charge is 2.26. The number of rotatable bonds is 7. The molecule has 0 atom stereocenters. The predicted octanol–water partition coefficient (Wildman–Crippen LogP) is 4.93. The highest BCUT2D eigenvalue weighted by molar-refractivity contribution is 7.90. The van der Waals surface area contributed by atoms with Crippen molar-refractivity contribution in [1.29, 1.82) is 0 Å². The number of para-hydroxylation sites is 1. The van der Waals surface area contributed by atoms with Crippen molar-refractivity contribution < 1.29 is 8.42 Å². The third kappa shape index (κ3) is 4.71. The van der Waals surface area contributed by atoms with E-state index in [2.05, 4.69) is 75.4 Å². The molecule has 5 nitrogen and oxygen atoms in total. The first kappa shape index (κ1) is 20.9. The summed E-state index contributed by atoms with van der Waals surface area (Å²) in [5.41, 5.74) is 3.49. The number of aromatic nitrogens is 1. The fourth-order valence-electron chi connectivity index (χ4n) is 4.16. The summed E-state index contributed by atoms with van der Waals surface area (Å²) in [6.45, 7) is 4.37. The quantitative estimate of drug-likeness (QED) is 0.564. The normalized spacial score (nSPS) is 20.0. The molecule has 0 unspecified atom stereocenters. The van der Waals surface area contributed by atoms with Gasteiger partial charge in [0.05, 0.1) is 10.8 Å². The van der Waals surface area contributed by atoms with Crippen LogP contribution in [0.25, 0.3) is 16.6 Å². The summed E-state index contributed by atoms with van der Waals surface area (Å²) in [5.74, 6) is 0.581. The molecule has 1 aromatic heterocycles. The molecule has 0 bridgehead atoms. The zero-order chi connectivity index (χ0) is 21.1. The van der Waals surface area contributed by atoms with Crippen LogP contribution in [-0.4, -0.2) is 30.8 Å². The van der Waals surface area contributed by atoms with Crippen molar-refractivity contribution in [3.8, 4) is 5.69 Å². The van der Waals surface area contributed by atoms with Crippen molar-refractivity contribution in [3.05, 3.63) is 60.8 Å². The van der Waals surface area contributed by atoms with Crippen LogP contribution in [0.3, 0.4) is 0 Å². The third-order valence-corrected chi connectivity index (χ3v) is 8.04. The Balaban J connectivity index is 1.29. The number of nitrogens with one attached hydrogen (secondary N) is 2. The first-order valence-electron chi connectivity index (χ1n) is 10.8. The van der Waals surface area contributed by atoms with Crippen molar-refractivity contribution >= 4 is 26.6 Å². The zero-order valence-electron chi connectivity index (χ0n) is 17.7. The number of nitrogens with zero attached hydrogens (tertiary/aromatic N) is 1. The molecule has 1 aliphatic carbocycles. The largest absolute Gasteiger partial charge is 0.385 e. The Kier molecular flexibility index (Phi) is 6.16. The Labute approximate surface area is 179 Å². The van der Waals surface area contributed by atoms with Crippen molar-refractivity contribution in [2.75, 3.05) is 11.9 Å². The van der Waals surface area contributed by atoms with Crippen LogP contribution in [0.4, 0.5) is 5.69 Å². The minimum atomic E-state index is -3.17. The topological polar surface area (TPSA) is 63.1 Å². The van der Waals surface area contributed by atoms with Crippen LogP contribution in [0.15, 0.2) is 60.8 Å². The van der Waals surface area contributed by atoms with E-state index in [1.54, 1.807) is 13.8 Å². The molecule has 0 radical (unpaired) electrons. The third-order valence-electron chi connectivity index (χ3n) is 6.14. The molecule has 4 rings (SSSR count). The van der Waals surface area contributed by atoms with Crippen LogP contribution in [0.5, 0.6) is 0 Å². The maximum absolute atomic E-state index is 12.1. The SMILES string of the molecule is CC(C)S(=O)(=O)NC1CCC(CNc2ccc(-n3ccc4ccccc43)cc2)CC1. The van der Waals surface area contributed by atoms with Gasteiger partial charge in [-0.25, -0.2) is 13.1 Å². The molecule has 0 spiro atoms. The van der Waals surface area contributed by atoms with Gasteiger partial charge in [0.15, 0.2) is 0 Å². The Morgan fingerprint density at radius 3 is 2.37 bits per heavy atom. The Hall–Kier alpha value is -2.31. The maximum Gasteiger partial charge on any atom is 0.214 e. The molecular formula is C24H31N3O2S. The van der Waals surface area contributed by atoms with E-state index in [0.29, 0.717) is 5.92 Å². The van der Waals surface area contributed by atoms with Crippen LogP contribution in [0.1, 0.15) is 39.5 Å². The van der Waals surface area contributed by atoms with E-state index in [1.165, 1.54) is 10.9 Å². The highest BCUT2D eigenvalue weighted by Crippen LogP contribution is 2.26. The fourth-order valence-corrected chi connectivity index (χ4v) is 5.14. The molecule has 1 saturated carbocycles. The second kappa shape index (κ2) is 8.82. The Bertz CT molecular complexity index is 1080. The Morgan fingerprint density at radius 1 is 0.967 bits per heavy atom. The number of fused-ring (bicyclic) bond motifs is 1. The van der Waals surface area contributed by atoms with Gasteiger partial charge in [-0.05, 0) is 87.2 Å². The fraction of sp³-hybridized carbons (Fsp3) is 0.417. The molecule has 0 aliphatic heterocycles. The molecule has 3 aromatic rings. The van der Waals surface area contributed by atoms with Crippen LogP contribution in [-0.2, 0) is 10.0 Å². The zero-order valence-corrected chi connectivity index (χ0v) is 18.5. The van der Waals surface area contributed by atoms with Gasteiger partial charge in [0.25, 0.3) is 0 Å². The summed E-state index contributed by atoms with van der Waals surface area (Å²) < 4.78 is 29.2. The predicted molar refractivity (Wildman–Crippen MR) is 125 cm³/mol. The van der Waals surface area contributed by atoms with Crippen molar-refractivity contribution in [2.45, 2.75) is 50.8 Å². The highest BCUT2D eigenvalue weighted by atomic mass is 32.2. The smallest absolute Gasteiger partial charge is 0.214 e. The standard InChI is InChI=1S/C24H31N3O2S/c1-18(2)30(28,29)26-22-9-7-19(8-10-22)17-25-21-11-13-23(14-12-21)27-16-15-20-5-3-4-6-24(20)27/h3-6,11-16,18-19,22,25-26H,7-10,17H2,1-2H3. The average Bonchev–Trinajstić information content (AvgIpc) is 3.17. The van der Waals surface area contributed by atoms with Crippen molar-refractivity contribution in [3.63, 3.8) is 0 Å². The van der Waals surface area contributed by atoms with Gasteiger partial charge in [-0.2, -0.15) is 0 Å². The van der Waals surface area contributed by atoms with Gasteiger partial charge >= 0.3 is 0 Å². The molecule has 1 heterocycles. The van der Waals surface area contributed by atoms with E-state index < -0.39 is 10.0 Å². The molecule has 30 heavy (non-hydrogen) atoms. The van der Waals surface area contributed by atoms with Gasteiger partial charge in [0.1, 0.15) is 0 Å². The number of sulfonamides is 1. The molecular weight excluding hydrogens is 394 g/mol. The summed E-state index contributed by atoms with van der Waals surface area (Å²) in [6, 6.07) is 19.2. The van der Waals surface area contributed by atoms with E-state index in [1.807, 2.05) is 0 Å². The number of hydrogen-bond acceptors (Lipinski definition) is 3. The van der Waals surface area contributed by atoms with Crippen LogP contribution in [0, 0.1) is 5.92 Å². The van der Waals surface area contributed by atoms with Gasteiger partial charge in [-0.3, -0.25) is 0 Å². The summed E-state index contributed by atoms with van der Waals surface area (Å²) >= 11 is 0. The van der Waals surface area contributed by atoms with Gasteiger partial charge in [0.2, 0.25) is 10.0 Å². The van der Waals surface area contributed by atoms with E-state index in [9.17, 15) is 8.42 Å². The van der Waals surface area contributed by atoms with Gasteiger partial charge in [-0.15, -0.1) is 0 Å². The lowest BCUT2D eigenvalue weighted by molar-refractivity contribution is 0.323. The van der Waals surface area contributed by atoms with E-state index in [4.69, 9.17) is 0 Å². The molecule has 160 valence electrons. The first-order chi connectivity index (χ1) is 14.4. The van der Waals surface area contributed by atoms with Crippen molar-refractivity contribution in [2.24, 2.45) is 5.92 Å². The lowest BCUT2D eigenvalue weighted by atomic mass is 9.86. The second-order valence-electron chi connectivity index (χ2n) is 8.60. The van der Waals surface area contributed by atoms with E-state index in [0.717, 1.165) is 43.6 Å². The van der Waals surface area contributed by atoms with Crippen LogP contribution in [0.2, 0.25) is 0 Å². The number of benzene rings is 2. The minimum Gasteiger partial charge on any atom is -0.385 e. The summed E-state index contributed by atoms with van der Waals surface area (Å²) in [7, 11) is -3.17. The number of hydrogen-bond donors (Lipinski definition) is 2. The number of anilines is 1. The summed E-state index contributed by atoms with van der Waals surface area (Å²) in [5, 5.41) is 4.43. The lowest BCUT2D eigenvalue weighted by Gasteiger charge is -2.29. The first-order valence-corrected chi connectivity index (χ1v) is 12.4. The molecule has 0 amide bonds. The molecule has 2 aromatic carbocycles. The Morgan fingerprint density at radius 2 is 1.67 bits per heavy atom. The second-order valence-corrected chi connectivity index (χ2v) is 10.9. The molecule has 0 saturated heterocycles. The van der Waals surface area contributed by atoms with E-state index >= 15 is 0 Å². The van der Waals surface area contributed by atoms with Gasteiger partial charge in [-0.1, -0.05) is 18.2 Å². The summed E-state index contributed by atoms with van der Waals surface area (Å²) in [6.07, 6.45) is 6.03. The summed E-state index contributed by atoms with van der Waals surface area (Å²) in [4.78, 5) is 0.